The van der Waals surface area contributed by atoms with E-state index in [9.17, 15) is 9.90 Å². The fraction of sp³-hybridized carbons (Fsp3) is 0.286. The van der Waals surface area contributed by atoms with Gasteiger partial charge in [-0.15, -0.1) is 0 Å². The highest BCUT2D eigenvalue weighted by Crippen LogP contribution is 2.24. The van der Waals surface area contributed by atoms with Gasteiger partial charge in [0.05, 0.1) is 12.8 Å². The van der Waals surface area contributed by atoms with Crippen LogP contribution in [-0.4, -0.2) is 28.0 Å². The number of ether oxygens (including phenoxy) is 1. The number of aromatic nitrogens is 2. The van der Waals surface area contributed by atoms with Crippen LogP contribution in [0.2, 0.25) is 0 Å². The second kappa shape index (κ2) is 5.64. The molecule has 6 heteroatoms. The van der Waals surface area contributed by atoms with Crippen LogP contribution in [0.5, 0.6) is 5.75 Å². The third-order valence-corrected chi connectivity index (χ3v) is 2.99. The number of rotatable bonds is 5. The molecule has 1 heterocycles. The maximum Gasteiger partial charge on any atom is 0.330 e. The molecule has 1 aromatic heterocycles. The lowest BCUT2D eigenvalue weighted by Crippen LogP contribution is -2.20. The average Bonchev–Trinajstić information content (AvgIpc) is 2.74. The summed E-state index contributed by atoms with van der Waals surface area (Å²) < 4.78 is 6.73. The SMILES string of the molecule is COc1cccc(NC(C(=O)O)c2cn(C)nc2C)c1. The molecule has 0 radical (unpaired) electrons. The van der Waals surface area contributed by atoms with Crippen molar-refractivity contribution in [2.75, 3.05) is 12.4 Å². The average molecular weight is 275 g/mol. The van der Waals surface area contributed by atoms with E-state index in [2.05, 4.69) is 10.4 Å². The molecule has 106 valence electrons. The lowest BCUT2D eigenvalue weighted by atomic mass is 10.1. The van der Waals surface area contributed by atoms with Crippen molar-refractivity contribution in [3.63, 3.8) is 0 Å². The quantitative estimate of drug-likeness (QED) is 0.872. The van der Waals surface area contributed by atoms with E-state index < -0.39 is 12.0 Å². The molecule has 0 bridgehead atoms. The van der Waals surface area contributed by atoms with Gasteiger partial charge < -0.3 is 15.2 Å². The van der Waals surface area contributed by atoms with E-state index in [1.54, 1.807) is 56.2 Å². The van der Waals surface area contributed by atoms with Crippen LogP contribution < -0.4 is 10.1 Å². The van der Waals surface area contributed by atoms with Crippen molar-refractivity contribution in [2.45, 2.75) is 13.0 Å². The van der Waals surface area contributed by atoms with Gasteiger partial charge in [-0.25, -0.2) is 4.79 Å². The van der Waals surface area contributed by atoms with Gasteiger partial charge in [0.1, 0.15) is 5.75 Å². The van der Waals surface area contributed by atoms with Gasteiger partial charge in [-0.1, -0.05) is 6.07 Å². The maximum atomic E-state index is 11.5. The van der Waals surface area contributed by atoms with Crippen molar-refractivity contribution in [1.29, 1.82) is 0 Å². The maximum absolute atomic E-state index is 11.5. The Kier molecular flexibility index (Phi) is 3.93. The Morgan fingerprint density at radius 2 is 2.25 bits per heavy atom. The summed E-state index contributed by atoms with van der Waals surface area (Å²) in [6.07, 6.45) is 1.71. The van der Waals surface area contributed by atoms with Gasteiger partial charge in [-0.3, -0.25) is 4.68 Å². The van der Waals surface area contributed by atoms with Crippen LogP contribution in [-0.2, 0) is 11.8 Å². The second-order valence-electron chi connectivity index (χ2n) is 4.49. The lowest BCUT2D eigenvalue weighted by Gasteiger charge is -2.15. The fourth-order valence-electron chi connectivity index (χ4n) is 2.05. The number of aryl methyl sites for hydroxylation is 2. The zero-order valence-electron chi connectivity index (χ0n) is 11.6. The van der Waals surface area contributed by atoms with E-state index in [1.807, 2.05) is 0 Å². The predicted molar refractivity (Wildman–Crippen MR) is 74.9 cm³/mol. The minimum atomic E-state index is -0.955. The van der Waals surface area contributed by atoms with Gasteiger partial charge in [0.2, 0.25) is 0 Å². The molecule has 0 saturated carbocycles. The summed E-state index contributed by atoms with van der Waals surface area (Å²) in [5.41, 5.74) is 2.01. The number of carbonyl (C=O) groups is 1. The fourth-order valence-corrected chi connectivity index (χ4v) is 2.05. The first-order valence-electron chi connectivity index (χ1n) is 6.15. The standard InChI is InChI=1S/C14H17N3O3/c1-9-12(8-17(2)16-9)13(14(18)19)15-10-5-4-6-11(7-10)20-3/h4-8,13,15H,1-3H3,(H,18,19). The zero-order valence-corrected chi connectivity index (χ0v) is 11.6. The number of hydrogen-bond donors (Lipinski definition) is 2. The highest BCUT2D eigenvalue weighted by Gasteiger charge is 2.23. The van der Waals surface area contributed by atoms with Crippen molar-refractivity contribution in [1.82, 2.24) is 9.78 Å². The van der Waals surface area contributed by atoms with Gasteiger partial charge in [-0.2, -0.15) is 5.10 Å². The van der Waals surface area contributed by atoms with E-state index in [1.165, 1.54) is 0 Å². The largest absolute Gasteiger partial charge is 0.497 e. The normalized spacial score (nSPS) is 11.9. The third kappa shape index (κ3) is 2.90. The molecule has 6 nitrogen and oxygen atoms in total. The minimum absolute atomic E-state index is 0.641. The Bertz CT molecular complexity index is 622. The van der Waals surface area contributed by atoms with Gasteiger partial charge in [0.25, 0.3) is 0 Å². The molecule has 20 heavy (non-hydrogen) atoms. The Balaban J connectivity index is 2.30. The molecule has 1 atom stereocenters. The molecular weight excluding hydrogens is 258 g/mol. The minimum Gasteiger partial charge on any atom is -0.497 e. The number of nitrogens with one attached hydrogen (secondary N) is 1. The predicted octanol–water partition coefficient (Wildman–Crippen LogP) is 1.97. The van der Waals surface area contributed by atoms with Gasteiger partial charge in [0, 0.05) is 30.6 Å². The Morgan fingerprint density at radius 3 is 2.80 bits per heavy atom. The number of anilines is 1. The highest BCUT2D eigenvalue weighted by atomic mass is 16.5. The van der Waals surface area contributed by atoms with Crippen LogP contribution in [0.25, 0.3) is 0 Å². The Hall–Kier alpha value is -2.50. The van der Waals surface area contributed by atoms with E-state index in [4.69, 9.17) is 4.74 Å². The lowest BCUT2D eigenvalue weighted by molar-refractivity contribution is -0.138. The molecule has 1 unspecified atom stereocenters. The molecule has 2 rings (SSSR count). The van der Waals surface area contributed by atoms with E-state index >= 15 is 0 Å². The third-order valence-electron chi connectivity index (χ3n) is 2.99. The summed E-state index contributed by atoms with van der Waals surface area (Å²) in [5, 5.41) is 16.6. The van der Waals surface area contributed by atoms with Crippen LogP contribution >= 0.6 is 0 Å². The monoisotopic (exact) mass is 275 g/mol. The molecule has 0 aliphatic heterocycles. The van der Waals surface area contributed by atoms with Crippen molar-refractivity contribution >= 4 is 11.7 Å². The van der Waals surface area contributed by atoms with Gasteiger partial charge in [0.15, 0.2) is 6.04 Å². The van der Waals surface area contributed by atoms with Crippen LogP contribution in [0.4, 0.5) is 5.69 Å². The van der Waals surface area contributed by atoms with Crippen LogP contribution in [0.1, 0.15) is 17.3 Å². The smallest absolute Gasteiger partial charge is 0.330 e. The molecule has 0 saturated heterocycles. The molecule has 1 aromatic carbocycles. The second-order valence-corrected chi connectivity index (χ2v) is 4.49. The highest BCUT2D eigenvalue weighted by molar-refractivity contribution is 5.79. The van der Waals surface area contributed by atoms with Crippen LogP contribution in [0.15, 0.2) is 30.5 Å². The molecular formula is C14H17N3O3. The summed E-state index contributed by atoms with van der Waals surface area (Å²) in [6, 6.07) is 6.30. The molecule has 2 aromatic rings. The van der Waals surface area contributed by atoms with Crippen molar-refractivity contribution in [2.24, 2.45) is 7.05 Å². The van der Waals surface area contributed by atoms with Crippen LogP contribution in [0.3, 0.4) is 0 Å². The Morgan fingerprint density at radius 1 is 1.50 bits per heavy atom. The Labute approximate surface area is 117 Å². The molecule has 2 N–H and O–H groups in total. The summed E-state index contributed by atoms with van der Waals surface area (Å²) in [5.74, 6) is -0.286. The summed E-state index contributed by atoms with van der Waals surface area (Å²) in [4.78, 5) is 11.5. The van der Waals surface area contributed by atoms with E-state index in [0.717, 1.165) is 0 Å². The van der Waals surface area contributed by atoms with E-state index in [0.29, 0.717) is 22.7 Å². The first-order valence-corrected chi connectivity index (χ1v) is 6.15. The summed E-state index contributed by atoms with van der Waals surface area (Å²) in [7, 11) is 3.33. The number of methoxy groups -OCH3 is 1. The number of nitrogens with zero attached hydrogens (tertiary/aromatic N) is 2. The van der Waals surface area contributed by atoms with Crippen molar-refractivity contribution in [3.05, 3.63) is 41.7 Å². The van der Waals surface area contributed by atoms with Crippen molar-refractivity contribution in [3.8, 4) is 5.75 Å². The van der Waals surface area contributed by atoms with Crippen molar-refractivity contribution < 1.29 is 14.6 Å². The van der Waals surface area contributed by atoms with Crippen LogP contribution in [0, 0.1) is 6.92 Å². The van der Waals surface area contributed by atoms with Gasteiger partial charge in [-0.05, 0) is 19.1 Å². The first-order chi connectivity index (χ1) is 9.51. The van der Waals surface area contributed by atoms with E-state index in [-0.39, 0.29) is 0 Å². The molecule has 0 aliphatic rings. The summed E-state index contributed by atoms with van der Waals surface area (Å²) >= 11 is 0. The molecule has 0 fully saturated rings. The number of carboxylic acid groups (broad SMARTS) is 1. The number of hydrogen-bond acceptors (Lipinski definition) is 4. The molecule has 0 spiro atoms. The van der Waals surface area contributed by atoms with Gasteiger partial charge >= 0.3 is 5.97 Å². The first kappa shape index (κ1) is 13.9. The molecule has 0 amide bonds. The summed E-state index contributed by atoms with van der Waals surface area (Å²) in [6.45, 7) is 1.79. The number of benzene rings is 1. The number of aliphatic carboxylic acids is 1. The molecule has 0 aliphatic carbocycles. The number of carboxylic acids is 1. The topological polar surface area (TPSA) is 76.4 Å². The zero-order chi connectivity index (χ0) is 14.7.